The van der Waals surface area contributed by atoms with Crippen LogP contribution < -0.4 is 5.40 Å². The zero-order valence-electron chi connectivity index (χ0n) is 3.15. The van der Waals surface area contributed by atoms with E-state index in [9.17, 15) is 0 Å². The minimum absolute atomic E-state index is 0. The van der Waals surface area contributed by atoms with Gasteiger partial charge in [-0.2, -0.15) is 0 Å². The Balaban J connectivity index is 0. The molecule has 0 aromatic carbocycles. The fraction of sp³-hybridized carbons (Fsp3) is 1.00. The SMILES string of the molecule is C[SiH](C)N.[LiH]. The molecule has 3 heteroatoms. The fourth-order valence-electron chi connectivity index (χ4n) is 0. The molecule has 5 heavy (non-hydrogen) atoms. The molecule has 0 bridgehead atoms. The van der Waals surface area contributed by atoms with Crippen LogP contribution in [0, 0.1) is 0 Å². The van der Waals surface area contributed by atoms with Gasteiger partial charge in [0, 0.05) is 0 Å². The van der Waals surface area contributed by atoms with E-state index in [2.05, 4.69) is 13.1 Å². The standard InChI is InChI=1S/C2H9NSi.Li.H/c1-4(2)3;;/h4H,3H2,1-2H3;;. The minimum atomic E-state index is -0.639. The van der Waals surface area contributed by atoms with Crippen molar-refractivity contribution in [2.75, 3.05) is 0 Å². The molecule has 0 aliphatic heterocycles. The summed E-state index contributed by atoms with van der Waals surface area (Å²) in [5, 5.41) is 5.25. The zero-order chi connectivity index (χ0) is 3.58. The van der Waals surface area contributed by atoms with Crippen molar-refractivity contribution in [3.05, 3.63) is 0 Å². The van der Waals surface area contributed by atoms with Crippen molar-refractivity contribution in [2.45, 2.75) is 13.1 Å². The van der Waals surface area contributed by atoms with Crippen LogP contribution in [0.3, 0.4) is 0 Å². The van der Waals surface area contributed by atoms with Gasteiger partial charge in [-0.15, -0.1) is 0 Å². The Morgan fingerprint density at radius 3 is 1.40 bits per heavy atom. The Morgan fingerprint density at radius 2 is 1.40 bits per heavy atom. The molecule has 0 rings (SSSR count). The molecule has 0 saturated carbocycles. The van der Waals surface area contributed by atoms with E-state index in [4.69, 9.17) is 5.40 Å². The molecule has 2 N–H and O–H groups in total. The second-order valence-electron chi connectivity index (χ2n) is 1.24. The van der Waals surface area contributed by atoms with Crippen LogP contribution in [-0.2, 0) is 0 Å². The van der Waals surface area contributed by atoms with E-state index in [0.717, 1.165) is 0 Å². The second kappa shape index (κ2) is 4.77. The molecule has 0 unspecified atom stereocenters. The van der Waals surface area contributed by atoms with Crippen molar-refractivity contribution in [3.63, 3.8) is 0 Å². The van der Waals surface area contributed by atoms with Crippen molar-refractivity contribution in [1.29, 1.82) is 0 Å². The van der Waals surface area contributed by atoms with Gasteiger partial charge < -0.3 is 5.40 Å². The Labute approximate surface area is 46.8 Å². The van der Waals surface area contributed by atoms with Crippen LogP contribution in [0.25, 0.3) is 0 Å². The Kier molecular flexibility index (Phi) is 8.82. The summed E-state index contributed by atoms with van der Waals surface area (Å²) in [4.78, 5) is 0. The van der Waals surface area contributed by atoms with Gasteiger partial charge in [0.2, 0.25) is 0 Å². The second-order valence-corrected chi connectivity index (χ2v) is 3.73. The van der Waals surface area contributed by atoms with Gasteiger partial charge in [0.1, 0.15) is 0 Å². The molecule has 0 atom stereocenters. The zero-order valence-corrected chi connectivity index (χ0v) is 4.31. The molecule has 0 radical (unpaired) electrons. The average Bonchev–Trinajstić information content (AvgIpc) is 0.811. The summed E-state index contributed by atoms with van der Waals surface area (Å²) in [7, 11) is -0.639. The van der Waals surface area contributed by atoms with Gasteiger partial charge in [-0.25, -0.2) is 0 Å². The molecule has 28 valence electrons. The van der Waals surface area contributed by atoms with Gasteiger partial charge in [0.15, 0.2) is 0 Å². The summed E-state index contributed by atoms with van der Waals surface area (Å²) in [5.74, 6) is 0. The summed E-state index contributed by atoms with van der Waals surface area (Å²) in [6.45, 7) is 4.17. The first-order valence-corrected chi connectivity index (χ1v) is 4.46. The van der Waals surface area contributed by atoms with Crippen molar-refractivity contribution in [1.82, 2.24) is 0 Å². The molecule has 0 aliphatic carbocycles. The molecule has 1 nitrogen and oxygen atoms in total. The van der Waals surface area contributed by atoms with E-state index in [1.807, 2.05) is 0 Å². The molecule has 0 amide bonds. The van der Waals surface area contributed by atoms with E-state index >= 15 is 0 Å². The van der Waals surface area contributed by atoms with Crippen molar-refractivity contribution >= 4 is 27.8 Å². The molecule has 0 aliphatic rings. The van der Waals surface area contributed by atoms with Crippen LogP contribution in [0.5, 0.6) is 0 Å². The van der Waals surface area contributed by atoms with E-state index < -0.39 is 8.96 Å². The quantitative estimate of drug-likeness (QED) is 0.384. The Morgan fingerprint density at radius 1 is 1.40 bits per heavy atom. The third kappa shape index (κ3) is 61.3. The predicted molar refractivity (Wildman–Crippen MR) is 30.2 cm³/mol. The van der Waals surface area contributed by atoms with Crippen molar-refractivity contribution in [3.8, 4) is 0 Å². The van der Waals surface area contributed by atoms with Crippen LogP contribution >= 0.6 is 0 Å². The van der Waals surface area contributed by atoms with E-state index in [1.165, 1.54) is 0 Å². The third-order valence-corrected chi connectivity index (χ3v) is 0. The maximum atomic E-state index is 5.25. The number of nitrogens with two attached hydrogens (primary N) is 1. The van der Waals surface area contributed by atoms with Crippen LogP contribution in [0.2, 0.25) is 13.1 Å². The summed E-state index contributed by atoms with van der Waals surface area (Å²) >= 11 is 0. The molecule has 0 aromatic rings. The maximum absolute atomic E-state index is 5.25. The van der Waals surface area contributed by atoms with Gasteiger partial charge in [-0.05, 0) is 0 Å². The summed E-state index contributed by atoms with van der Waals surface area (Å²) in [6, 6.07) is 0. The average molecular weight is 83.1 g/mol. The van der Waals surface area contributed by atoms with Gasteiger partial charge in [0.25, 0.3) is 0 Å². The van der Waals surface area contributed by atoms with Crippen LogP contribution in [0.1, 0.15) is 0 Å². The van der Waals surface area contributed by atoms with Crippen LogP contribution in [0.15, 0.2) is 0 Å². The van der Waals surface area contributed by atoms with E-state index in [1.54, 1.807) is 0 Å². The predicted octanol–water partition coefficient (Wildman–Crippen LogP) is -0.720. The summed E-state index contributed by atoms with van der Waals surface area (Å²) < 4.78 is 0. The molecule has 0 spiro atoms. The molecule has 0 heterocycles. The first kappa shape index (κ1) is 9.24. The topological polar surface area (TPSA) is 26.0 Å². The van der Waals surface area contributed by atoms with Crippen molar-refractivity contribution < 1.29 is 0 Å². The summed E-state index contributed by atoms with van der Waals surface area (Å²) in [6.07, 6.45) is 0. The molecule has 0 fully saturated rings. The van der Waals surface area contributed by atoms with Gasteiger partial charge >= 0.3 is 18.9 Å². The molecule has 0 saturated heterocycles. The Hall–Kier alpha value is 0.774. The first-order valence-electron chi connectivity index (χ1n) is 1.49. The van der Waals surface area contributed by atoms with Gasteiger partial charge in [-0.1, -0.05) is 13.1 Å². The van der Waals surface area contributed by atoms with E-state index in [-0.39, 0.29) is 18.9 Å². The first-order chi connectivity index (χ1) is 1.73. The molecule has 0 aromatic heterocycles. The van der Waals surface area contributed by atoms with Crippen LogP contribution in [-0.4, -0.2) is 27.8 Å². The monoisotopic (exact) mass is 83.1 g/mol. The van der Waals surface area contributed by atoms with E-state index in [0.29, 0.717) is 0 Å². The third-order valence-electron chi connectivity index (χ3n) is 0. The van der Waals surface area contributed by atoms with Gasteiger partial charge in [-0.3, -0.25) is 0 Å². The number of rotatable bonds is 0. The van der Waals surface area contributed by atoms with Crippen molar-refractivity contribution in [2.24, 2.45) is 5.40 Å². The summed E-state index contributed by atoms with van der Waals surface area (Å²) in [5.41, 5.74) is 0. The number of hydrogen-bond acceptors (Lipinski definition) is 1. The molecular formula is C2H10LiNSi. The normalized spacial score (nSPS) is 7.20. The molecular weight excluding hydrogens is 73.1 g/mol. The fourth-order valence-corrected chi connectivity index (χ4v) is 0. The van der Waals surface area contributed by atoms with Gasteiger partial charge in [0.05, 0.1) is 8.96 Å². The van der Waals surface area contributed by atoms with Crippen LogP contribution in [0.4, 0.5) is 0 Å². The Bertz CT molecular complexity index is 14.4. The number of hydrogen-bond donors (Lipinski definition) is 1.